The molecule has 1 aliphatic heterocycles. The Morgan fingerprint density at radius 2 is 1.92 bits per heavy atom. The van der Waals surface area contributed by atoms with Crippen LogP contribution in [0, 0.1) is 6.08 Å². The van der Waals surface area contributed by atoms with Crippen molar-refractivity contribution in [2.24, 2.45) is 0 Å². The molecule has 0 spiro atoms. The predicted molar refractivity (Wildman–Crippen MR) is 55.4 cm³/mol. The molecule has 1 aliphatic rings. The smallest absolute Gasteiger partial charge is 0.0317 e. The van der Waals surface area contributed by atoms with Crippen molar-refractivity contribution in [2.75, 3.05) is 0 Å². The topological polar surface area (TPSA) is 3.24 Å². The van der Waals surface area contributed by atoms with E-state index >= 15 is 0 Å². The van der Waals surface area contributed by atoms with Crippen LogP contribution in [0.5, 0.6) is 0 Å². The summed E-state index contributed by atoms with van der Waals surface area (Å²) in [6.45, 7) is 10.8. The van der Waals surface area contributed by atoms with Crippen LogP contribution in [0.3, 0.4) is 0 Å². The van der Waals surface area contributed by atoms with E-state index in [0.717, 1.165) is 0 Å². The van der Waals surface area contributed by atoms with E-state index in [1.54, 1.807) is 11.9 Å². The standard InChI is InChI=1S/C10H16NS.Y/c1-7(2)10-6-9(5)12-11(10)8(3)4;/h8H,1-5H3;/q-1;. The normalized spacial score (nSPS) is 16.0. The van der Waals surface area contributed by atoms with Gasteiger partial charge in [0.25, 0.3) is 0 Å². The summed E-state index contributed by atoms with van der Waals surface area (Å²) in [7, 11) is 0. The first-order valence-corrected chi connectivity index (χ1v) is 5.05. The predicted octanol–water partition coefficient (Wildman–Crippen LogP) is 3.36. The van der Waals surface area contributed by atoms with Crippen molar-refractivity contribution in [3.63, 3.8) is 0 Å². The molecule has 1 nitrogen and oxygen atoms in total. The minimum absolute atomic E-state index is 0. The second-order valence-corrected chi connectivity index (χ2v) is 4.73. The molecule has 0 unspecified atom stereocenters. The van der Waals surface area contributed by atoms with Crippen LogP contribution in [-0.4, -0.2) is 10.3 Å². The van der Waals surface area contributed by atoms with Crippen molar-refractivity contribution in [1.82, 2.24) is 4.31 Å². The number of allylic oxidation sites excluding steroid dienone is 3. The van der Waals surface area contributed by atoms with Gasteiger partial charge < -0.3 is 4.31 Å². The summed E-state index contributed by atoms with van der Waals surface area (Å²) in [6.07, 6.45) is 3.37. The summed E-state index contributed by atoms with van der Waals surface area (Å²) in [6, 6.07) is 0.546. The molecule has 0 saturated carbocycles. The minimum Gasteiger partial charge on any atom is -0.347 e. The fourth-order valence-corrected chi connectivity index (χ4v) is 2.11. The molecule has 1 rings (SSSR count). The number of hydrogen-bond donors (Lipinski definition) is 0. The Kier molecular flexibility index (Phi) is 5.89. The van der Waals surface area contributed by atoms with Crippen LogP contribution in [0.2, 0.25) is 0 Å². The van der Waals surface area contributed by atoms with Crippen molar-refractivity contribution >= 4 is 11.9 Å². The molecule has 0 atom stereocenters. The van der Waals surface area contributed by atoms with E-state index in [-0.39, 0.29) is 32.7 Å². The van der Waals surface area contributed by atoms with Crippen LogP contribution >= 0.6 is 11.9 Å². The maximum absolute atomic E-state index is 3.37. The van der Waals surface area contributed by atoms with Gasteiger partial charge in [0.15, 0.2) is 0 Å². The molecule has 1 radical (unpaired) electrons. The van der Waals surface area contributed by atoms with Gasteiger partial charge in [0.2, 0.25) is 0 Å². The molecule has 0 saturated heterocycles. The Labute approximate surface area is 111 Å². The van der Waals surface area contributed by atoms with E-state index in [9.17, 15) is 0 Å². The third kappa shape index (κ3) is 3.41. The molecule has 0 aromatic carbocycles. The van der Waals surface area contributed by atoms with E-state index in [0.29, 0.717) is 6.04 Å². The SMILES string of the molecule is CC1=[C-]C(=C(C)C)N(C(C)C)S1.[Y]. The maximum atomic E-state index is 3.37. The first-order valence-electron chi connectivity index (χ1n) is 4.27. The Hall–Kier alpha value is 0.734. The van der Waals surface area contributed by atoms with Gasteiger partial charge in [-0.2, -0.15) is 5.57 Å². The number of nitrogens with zero attached hydrogens (tertiary/aromatic N) is 1. The molecule has 3 heteroatoms. The van der Waals surface area contributed by atoms with E-state index in [4.69, 9.17) is 0 Å². The van der Waals surface area contributed by atoms with Gasteiger partial charge in [-0.25, -0.2) is 6.08 Å². The quantitative estimate of drug-likeness (QED) is 0.531. The first kappa shape index (κ1) is 13.7. The zero-order valence-electron chi connectivity index (χ0n) is 9.01. The van der Waals surface area contributed by atoms with Crippen LogP contribution in [0.1, 0.15) is 34.6 Å². The summed E-state index contributed by atoms with van der Waals surface area (Å²) in [4.78, 5) is 1.26. The largest absolute Gasteiger partial charge is 0.347 e. The van der Waals surface area contributed by atoms with Crippen LogP contribution in [0.15, 0.2) is 16.2 Å². The van der Waals surface area contributed by atoms with Crippen LogP contribution in [0.4, 0.5) is 0 Å². The molecule has 0 amide bonds. The molecular weight excluding hydrogens is 255 g/mol. The van der Waals surface area contributed by atoms with Crippen LogP contribution in [0.25, 0.3) is 0 Å². The Morgan fingerprint density at radius 1 is 1.38 bits per heavy atom. The molecular formula is C10H16NSY-. The second kappa shape index (κ2) is 5.57. The van der Waals surface area contributed by atoms with Gasteiger partial charge in [0, 0.05) is 38.8 Å². The molecule has 0 N–H and O–H groups in total. The maximum Gasteiger partial charge on any atom is 0.0317 e. The van der Waals surface area contributed by atoms with Crippen molar-refractivity contribution in [2.45, 2.75) is 40.7 Å². The third-order valence-corrected chi connectivity index (χ3v) is 2.87. The van der Waals surface area contributed by atoms with E-state index in [2.05, 4.69) is 45.0 Å². The Bertz CT molecular complexity index is 239. The van der Waals surface area contributed by atoms with E-state index < -0.39 is 0 Å². The summed E-state index contributed by atoms with van der Waals surface area (Å²) in [5.41, 5.74) is 2.60. The molecule has 0 aliphatic carbocycles. The van der Waals surface area contributed by atoms with Crippen molar-refractivity contribution in [1.29, 1.82) is 0 Å². The second-order valence-electron chi connectivity index (χ2n) is 3.54. The minimum atomic E-state index is 0. The van der Waals surface area contributed by atoms with Crippen molar-refractivity contribution in [3.05, 3.63) is 22.3 Å². The summed E-state index contributed by atoms with van der Waals surface area (Å²) >= 11 is 1.79. The van der Waals surface area contributed by atoms with Gasteiger partial charge in [0.1, 0.15) is 0 Å². The zero-order valence-corrected chi connectivity index (χ0v) is 12.7. The van der Waals surface area contributed by atoms with E-state index in [1.807, 2.05) is 0 Å². The molecule has 71 valence electrons. The van der Waals surface area contributed by atoms with E-state index in [1.165, 1.54) is 16.2 Å². The fraction of sp³-hybridized carbons (Fsp3) is 0.600. The first-order chi connectivity index (χ1) is 5.52. The van der Waals surface area contributed by atoms with Gasteiger partial charge >= 0.3 is 0 Å². The molecule has 0 aromatic heterocycles. The number of rotatable bonds is 1. The molecule has 0 fully saturated rings. The van der Waals surface area contributed by atoms with Crippen molar-refractivity contribution < 1.29 is 32.7 Å². The Balaban J connectivity index is 0.00000144. The molecule has 13 heavy (non-hydrogen) atoms. The fourth-order valence-electron chi connectivity index (χ4n) is 1.15. The van der Waals surface area contributed by atoms with Crippen molar-refractivity contribution in [3.8, 4) is 0 Å². The van der Waals surface area contributed by atoms with Crippen LogP contribution in [-0.2, 0) is 32.7 Å². The van der Waals surface area contributed by atoms with Gasteiger partial charge in [-0.1, -0.05) is 4.91 Å². The van der Waals surface area contributed by atoms with Gasteiger partial charge in [0.05, 0.1) is 0 Å². The summed E-state index contributed by atoms with van der Waals surface area (Å²) < 4.78 is 2.31. The Morgan fingerprint density at radius 3 is 2.23 bits per heavy atom. The average molecular weight is 271 g/mol. The molecule has 1 heterocycles. The average Bonchev–Trinajstić information content (AvgIpc) is 2.31. The third-order valence-electron chi connectivity index (χ3n) is 1.69. The molecule has 0 bridgehead atoms. The van der Waals surface area contributed by atoms with Gasteiger partial charge in [-0.3, -0.25) is 0 Å². The molecule has 0 aromatic rings. The van der Waals surface area contributed by atoms with Crippen LogP contribution < -0.4 is 0 Å². The number of hydrogen-bond acceptors (Lipinski definition) is 2. The van der Waals surface area contributed by atoms with Gasteiger partial charge in [-0.05, 0) is 32.7 Å². The zero-order chi connectivity index (χ0) is 9.30. The summed E-state index contributed by atoms with van der Waals surface area (Å²) in [5, 5.41) is 0. The van der Waals surface area contributed by atoms with Gasteiger partial charge in [-0.15, -0.1) is 19.5 Å². The summed E-state index contributed by atoms with van der Waals surface area (Å²) in [5.74, 6) is 0. The monoisotopic (exact) mass is 271 g/mol.